The molecule has 2 aliphatic rings. The van der Waals surface area contributed by atoms with Crippen molar-refractivity contribution in [2.75, 3.05) is 24.1 Å². The number of fused-ring (bicyclic) bond motifs is 1. The first-order valence-corrected chi connectivity index (χ1v) is 7.81. The van der Waals surface area contributed by atoms with Crippen LogP contribution in [0.3, 0.4) is 0 Å². The van der Waals surface area contributed by atoms with E-state index in [0.29, 0.717) is 11.9 Å². The molecule has 0 saturated carbocycles. The third-order valence-corrected chi connectivity index (χ3v) is 4.71. The van der Waals surface area contributed by atoms with Crippen LogP contribution in [0.2, 0.25) is 0 Å². The highest BCUT2D eigenvalue weighted by atomic mass is 15.2. The lowest BCUT2D eigenvalue weighted by molar-refractivity contribution is 0.188. The van der Waals surface area contributed by atoms with Gasteiger partial charge in [-0.1, -0.05) is 6.92 Å². The molecule has 1 aromatic heterocycles. The van der Waals surface area contributed by atoms with E-state index in [9.17, 15) is 0 Å². The molecule has 0 aromatic carbocycles. The Balaban J connectivity index is 1.72. The molecule has 5 heteroatoms. The van der Waals surface area contributed by atoms with E-state index in [2.05, 4.69) is 27.1 Å². The molecule has 20 heavy (non-hydrogen) atoms. The Kier molecular flexibility index (Phi) is 3.78. The lowest BCUT2D eigenvalue weighted by atomic mass is 9.97. The summed E-state index contributed by atoms with van der Waals surface area (Å²) in [5, 5.41) is 3.62. The van der Waals surface area contributed by atoms with Crippen LogP contribution in [0.4, 0.5) is 11.6 Å². The maximum Gasteiger partial charge on any atom is 0.134 e. The molecule has 2 fully saturated rings. The summed E-state index contributed by atoms with van der Waals surface area (Å²) in [7, 11) is 0. The van der Waals surface area contributed by atoms with Crippen molar-refractivity contribution in [3.63, 3.8) is 0 Å². The van der Waals surface area contributed by atoms with Gasteiger partial charge in [-0.15, -0.1) is 0 Å². The van der Waals surface area contributed by atoms with Crippen LogP contribution in [-0.4, -0.2) is 40.0 Å². The predicted molar refractivity (Wildman–Crippen MR) is 81.8 cm³/mol. The van der Waals surface area contributed by atoms with Crippen molar-refractivity contribution >= 4 is 11.6 Å². The predicted octanol–water partition coefficient (Wildman–Crippen LogP) is 1.97. The molecular weight excluding hydrogens is 250 g/mol. The normalized spacial score (nSPS) is 26.5. The number of aryl methyl sites for hydroxylation is 1. The third-order valence-electron chi connectivity index (χ3n) is 4.71. The van der Waals surface area contributed by atoms with Gasteiger partial charge in [-0.25, -0.2) is 9.97 Å². The molecule has 0 spiro atoms. The highest BCUT2D eigenvalue weighted by Crippen LogP contribution is 2.29. The first-order valence-electron chi connectivity index (χ1n) is 7.81. The fourth-order valence-electron chi connectivity index (χ4n) is 3.43. The molecule has 2 aliphatic heterocycles. The monoisotopic (exact) mass is 275 g/mol. The zero-order chi connectivity index (χ0) is 14.1. The van der Waals surface area contributed by atoms with Gasteiger partial charge in [0.25, 0.3) is 0 Å². The zero-order valence-corrected chi connectivity index (χ0v) is 12.5. The summed E-state index contributed by atoms with van der Waals surface area (Å²) in [5.74, 6) is 2.37. The highest BCUT2D eigenvalue weighted by Gasteiger charge is 2.31. The van der Waals surface area contributed by atoms with Gasteiger partial charge in [-0.3, -0.25) is 0 Å². The minimum atomic E-state index is 0.520. The molecule has 3 heterocycles. The standard InChI is InChI=1S/C15H25N5/c1-3-13-18-14(16)10(2)15(19-13)17-11-6-8-20-7-4-5-12(20)9-11/h11-12H,3-9H2,1-2H3,(H3,16,17,18,19). The maximum absolute atomic E-state index is 5.99. The Labute approximate surface area is 121 Å². The van der Waals surface area contributed by atoms with E-state index in [1.807, 2.05) is 6.92 Å². The first kappa shape index (κ1) is 13.6. The number of rotatable bonds is 3. The third kappa shape index (κ3) is 2.59. The Bertz CT molecular complexity index is 487. The second-order valence-electron chi connectivity index (χ2n) is 6.05. The minimum absolute atomic E-state index is 0.520. The lowest BCUT2D eigenvalue weighted by Crippen LogP contribution is -2.43. The Morgan fingerprint density at radius 2 is 2.15 bits per heavy atom. The van der Waals surface area contributed by atoms with Gasteiger partial charge in [0.15, 0.2) is 0 Å². The maximum atomic E-state index is 5.99. The molecule has 3 N–H and O–H groups in total. The number of nitrogens with one attached hydrogen (secondary N) is 1. The number of aromatic nitrogens is 2. The van der Waals surface area contributed by atoms with Gasteiger partial charge in [-0.05, 0) is 39.2 Å². The Morgan fingerprint density at radius 1 is 1.30 bits per heavy atom. The molecule has 0 amide bonds. The number of nitrogen functional groups attached to an aromatic ring is 1. The van der Waals surface area contributed by atoms with E-state index in [0.717, 1.165) is 29.7 Å². The van der Waals surface area contributed by atoms with Gasteiger partial charge in [0.2, 0.25) is 0 Å². The van der Waals surface area contributed by atoms with E-state index in [1.165, 1.54) is 38.8 Å². The fraction of sp³-hybridized carbons (Fsp3) is 0.733. The number of anilines is 2. The molecule has 0 bridgehead atoms. The van der Waals surface area contributed by atoms with Gasteiger partial charge in [-0.2, -0.15) is 0 Å². The second-order valence-corrected chi connectivity index (χ2v) is 6.05. The van der Waals surface area contributed by atoms with E-state index in [1.54, 1.807) is 0 Å². The van der Waals surface area contributed by atoms with Crippen LogP contribution >= 0.6 is 0 Å². The summed E-state index contributed by atoms with van der Waals surface area (Å²) >= 11 is 0. The number of piperidine rings is 1. The Morgan fingerprint density at radius 3 is 2.95 bits per heavy atom. The summed E-state index contributed by atoms with van der Waals surface area (Å²) in [6.07, 6.45) is 5.95. The number of hydrogen-bond donors (Lipinski definition) is 2. The molecule has 0 aliphatic carbocycles. The van der Waals surface area contributed by atoms with Crippen molar-refractivity contribution in [2.24, 2.45) is 0 Å². The van der Waals surface area contributed by atoms with Gasteiger partial charge < -0.3 is 16.0 Å². The van der Waals surface area contributed by atoms with Crippen LogP contribution in [0.5, 0.6) is 0 Å². The summed E-state index contributed by atoms with van der Waals surface area (Å²) in [4.78, 5) is 11.6. The van der Waals surface area contributed by atoms with Gasteiger partial charge >= 0.3 is 0 Å². The average Bonchev–Trinajstić information content (AvgIpc) is 2.91. The summed E-state index contributed by atoms with van der Waals surface area (Å²) < 4.78 is 0. The van der Waals surface area contributed by atoms with E-state index in [4.69, 9.17) is 5.73 Å². The molecule has 0 radical (unpaired) electrons. The van der Waals surface area contributed by atoms with Crippen molar-refractivity contribution in [3.8, 4) is 0 Å². The van der Waals surface area contributed by atoms with Crippen LogP contribution in [0, 0.1) is 6.92 Å². The highest BCUT2D eigenvalue weighted by molar-refractivity contribution is 5.55. The minimum Gasteiger partial charge on any atom is -0.383 e. The molecule has 2 unspecified atom stereocenters. The van der Waals surface area contributed by atoms with Crippen molar-refractivity contribution in [1.29, 1.82) is 0 Å². The molecule has 1 aromatic rings. The van der Waals surface area contributed by atoms with Crippen molar-refractivity contribution in [3.05, 3.63) is 11.4 Å². The van der Waals surface area contributed by atoms with E-state index < -0.39 is 0 Å². The average molecular weight is 275 g/mol. The van der Waals surface area contributed by atoms with Crippen molar-refractivity contribution in [1.82, 2.24) is 14.9 Å². The topological polar surface area (TPSA) is 67.1 Å². The molecular formula is C15H25N5. The lowest BCUT2D eigenvalue weighted by Gasteiger charge is -2.35. The smallest absolute Gasteiger partial charge is 0.134 e. The largest absolute Gasteiger partial charge is 0.383 e. The molecule has 3 rings (SSSR count). The first-order chi connectivity index (χ1) is 9.67. The molecule has 110 valence electrons. The summed E-state index contributed by atoms with van der Waals surface area (Å²) in [5.41, 5.74) is 6.97. The number of nitrogens with zero attached hydrogens (tertiary/aromatic N) is 3. The van der Waals surface area contributed by atoms with Crippen LogP contribution in [0.15, 0.2) is 0 Å². The zero-order valence-electron chi connectivity index (χ0n) is 12.5. The number of hydrogen-bond acceptors (Lipinski definition) is 5. The van der Waals surface area contributed by atoms with Gasteiger partial charge in [0.1, 0.15) is 17.5 Å². The van der Waals surface area contributed by atoms with Crippen molar-refractivity contribution in [2.45, 2.75) is 58.0 Å². The van der Waals surface area contributed by atoms with Gasteiger partial charge in [0, 0.05) is 30.6 Å². The van der Waals surface area contributed by atoms with Crippen LogP contribution in [-0.2, 0) is 6.42 Å². The SMILES string of the molecule is CCc1nc(N)c(C)c(NC2CCN3CCCC3C2)n1. The van der Waals surface area contributed by atoms with Crippen LogP contribution < -0.4 is 11.1 Å². The van der Waals surface area contributed by atoms with Crippen LogP contribution in [0.1, 0.15) is 44.0 Å². The molecule has 2 saturated heterocycles. The summed E-state index contributed by atoms with van der Waals surface area (Å²) in [6, 6.07) is 1.29. The molecule has 2 atom stereocenters. The van der Waals surface area contributed by atoms with E-state index >= 15 is 0 Å². The fourth-order valence-corrected chi connectivity index (χ4v) is 3.43. The molecule has 5 nitrogen and oxygen atoms in total. The van der Waals surface area contributed by atoms with Crippen molar-refractivity contribution < 1.29 is 0 Å². The Hall–Kier alpha value is -1.36. The quantitative estimate of drug-likeness (QED) is 0.883. The van der Waals surface area contributed by atoms with Crippen LogP contribution in [0.25, 0.3) is 0 Å². The summed E-state index contributed by atoms with van der Waals surface area (Å²) in [6.45, 7) is 6.56. The van der Waals surface area contributed by atoms with Gasteiger partial charge in [0.05, 0.1) is 0 Å². The van der Waals surface area contributed by atoms with E-state index in [-0.39, 0.29) is 0 Å². The second kappa shape index (κ2) is 5.56. The number of nitrogens with two attached hydrogens (primary N) is 1.